The number of rotatable bonds is 2. The van der Waals surface area contributed by atoms with Gasteiger partial charge in [0.25, 0.3) is 0 Å². The summed E-state index contributed by atoms with van der Waals surface area (Å²) in [7, 11) is 0. The standard InChI is InChI=1S/C10H9BrN2S/c1-14-9-7-12-13(10(9)11)8-5-3-2-4-6-8/h2-7H,1H3. The van der Waals surface area contributed by atoms with Crippen molar-refractivity contribution in [2.45, 2.75) is 4.90 Å². The molecule has 0 saturated heterocycles. The molecule has 0 aliphatic carbocycles. The molecular formula is C10H9BrN2S. The van der Waals surface area contributed by atoms with Crippen molar-refractivity contribution in [2.75, 3.05) is 6.26 Å². The molecule has 0 fully saturated rings. The lowest BCUT2D eigenvalue weighted by Crippen LogP contribution is -1.95. The molecule has 1 heterocycles. The summed E-state index contributed by atoms with van der Waals surface area (Å²) in [6.45, 7) is 0. The minimum absolute atomic E-state index is 1.01. The van der Waals surface area contributed by atoms with Crippen molar-refractivity contribution in [3.63, 3.8) is 0 Å². The van der Waals surface area contributed by atoms with Crippen LogP contribution >= 0.6 is 27.7 Å². The Hall–Kier alpha value is -0.740. The fourth-order valence-electron chi connectivity index (χ4n) is 1.20. The highest BCUT2D eigenvalue weighted by Crippen LogP contribution is 2.27. The maximum absolute atomic E-state index is 4.31. The Morgan fingerprint density at radius 1 is 1.29 bits per heavy atom. The first kappa shape index (κ1) is 9.80. The van der Waals surface area contributed by atoms with E-state index < -0.39 is 0 Å². The van der Waals surface area contributed by atoms with Crippen molar-refractivity contribution in [3.8, 4) is 5.69 Å². The fourth-order valence-corrected chi connectivity index (χ4v) is 2.50. The predicted molar refractivity (Wildman–Crippen MR) is 63.0 cm³/mol. The van der Waals surface area contributed by atoms with Gasteiger partial charge in [-0.2, -0.15) is 5.10 Å². The summed E-state index contributed by atoms with van der Waals surface area (Å²) in [5.74, 6) is 0. The van der Waals surface area contributed by atoms with Crippen LogP contribution in [0.15, 0.2) is 46.0 Å². The van der Waals surface area contributed by atoms with Crippen molar-refractivity contribution in [3.05, 3.63) is 41.1 Å². The molecule has 1 aromatic heterocycles. The van der Waals surface area contributed by atoms with Gasteiger partial charge < -0.3 is 0 Å². The number of nitrogens with zero attached hydrogens (tertiary/aromatic N) is 2. The van der Waals surface area contributed by atoms with Crippen LogP contribution in [0.5, 0.6) is 0 Å². The smallest absolute Gasteiger partial charge is 0.123 e. The molecule has 0 radical (unpaired) electrons. The largest absolute Gasteiger partial charge is 0.226 e. The Morgan fingerprint density at radius 2 is 2.00 bits per heavy atom. The summed E-state index contributed by atoms with van der Waals surface area (Å²) in [6.07, 6.45) is 3.90. The molecule has 0 amide bonds. The second kappa shape index (κ2) is 4.19. The number of hydrogen-bond acceptors (Lipinski definition) is 2. The van der Waals surface area contributed by atoms with Crippen molar-refractivity contribution in [1.82, 2.24) is 9.78 Å². The first-order valence-electron chi connectivity index (χ1n) is 4.16. The second-order valence-electron chi connectivity index (χ2n) is 2.75. The lowest BCUT2D eigenvalue weighted by molar-refractivity contribution is 0.859. The van der Waals surface area contributed by atoms with Crippen molar-refractivity contribution in [1.29, 1.82) is 0 Å². The number of halogens is 1. The van der Waals surface area contributed by atoms with Crippen LogP contribution in [0.3, 0.4) is 0 Å². The average Bonchev–Trinajstić information content (AvgIpc) is 2.61. The topological polar surface area (TPSA) is 17.8 Å². The van der Waals surface area contributed by atoms with Gasteiger partial charge in [0.15, 0.2) is 0 Å². The number of para-hydroxylation sites is 1. The van der Waals surface area contributed by atoms with E-state index in [1.165, 1.54) is 0 Å². The molecule has 0 N–H and O–H groups in total. The highest BCUT2D eigenvalue weighted by molar-refractivity contribution is 9.10. The van der Waals surface area contributed by atoms with Crippen LogP contribution in [0.4, 0.5) is 0 Å². The summed E-state index contributed by atoms with van der Waals surface area (Å²) in [5.41, 5.74) is 1.07. The highest BCUT2D eigenvalue weighted by atomic mass is 79.9. The van der Waals surface area contributed by atoms with Crippen LogP contribution in [-0.4, -0.2) is 16.0 Å². The number of aromatic nitrogens is 2. The van der Waals surface area contributed by atoms with Crippen molar-refractivity contribution < 1.29 is 0 Å². The molecule has 2 rings (SSSR count). The minimum atomic E-state index is 1.01. The molecule has 0 saturated carbocycles. The van der Waals surface area contributed by atoms with Crippen LogP contribution in [-0.2, 0) is 0 Å². The molecule has 0 atom stereocenters. The number of hydrogen-bond donors (Lipinski definition) is 0. The zero-order valence-corrected chi connectivity index (χ0v) is 10.0. The number of benzene rings is 1. The molecule has 0 bridgehead atoms. The van der Waals surface area contributed by atoms with Crippen LogP contribution in [0.2, 0.25) is 0 Å². The van der Waals surface area contributed by atoms with Crippen LogP contribution in [0.1, 0.15) is 0 Å². The van der Waals surface area contributed by atoms with Gasteiger partial charge in [-0.3, -0.25) is 0 Å². The van der Waals surface area contributed by atoms with E-state index in [0.29, 0.717) is 0 Å². The van der Waals surface area contributed by atoms with Crippen molar-refractivity contribution >= 4 is 27.7 Å². The van der Waals surface area contributed by atoms with Crippen LogP contribution < -0.4 is 0 Å². The van der Waals surface area contributed by atoms with Gasteiger partial charge in [-0.15, -0.1) is 11.8 Å². The molecule has 2 nitrogen and oxygen atoms in total. The quantitative estimate of drug-likeness (QED) is 0.778. The van der Waals surface area contributed by atoms with E-state index in [1.54, 1.807) is 11.8 Å². The SMILES string of the molecule is CSc1cnn(-c2ccccc2)c1Br. The molecule has 0 unspecified atom stereocenters. The molecule has 0 aliphatic rings. The third kappa shape index (κ3) is 1.72. The zero-order valence-electron chi connectivity index (χ0n) is 7.64. The van der Waals surface area contributed by atoms with E-state index in [2.05, 4.69) is 21.0 Å². The van der Waals surface area contributed by atoms with Gasteiger partial charge in [-0.25, -0.2) is 4.68 Å². The maximum atomic E-state index is 4.31. The van der Waals surface area contributed by atoms with Gasteiger partial charge in [0, 0.05) is 0 Å². The molecule has 4 heteroatoms. The van der Waals surface area contributed by atoms with E-state index in [-0.39, 0.29) is 0 Å². The van der Waals surface area contributed by atoms with Gasteiger partial charge in [0.1, 0.15) is 4.60 Å². The summed E-state index contributed by atoms with van der Waals surface area (Å²) in [5, 5.41) is 4.31. The van der Waals surface area contributed by atoms with Gasteiger partial charge in [-0.05, 0) is 34.3 Å². The normalized spacial score (nSPS) is 10.4. The lowest BCUT2D eigenvalue weighted by atomic mass is 10.3. The zero-order chi connectivity index (χ0) is 9.97. The molecule has 0 aliphatic heterocycles. The monoisotopic (exact) mass is 268 g/mol. The summed E-state index contributed by atoms with van der Waals surface area (Å²) >= 11 is 5.21. The Morgan fingerprint density at radius 3 is 2.57 bits per heavy atom. The Balaban J connectivity index is 2.48. The van der Waals surface area contributed by atoms with E-state index in [0.717, 1.165) is 15.2 Å². The minimum Gasteiger partial charge on any atom is -0.226 e. The Bertz CT molecular complexity index is 425. The van der Waals surface area contributed by atoms with E-state index >= 15 is 0 Å². The van der Waals surface area contributed by atoms with Crippen molar-refractivity contribution in [2.24, 2.45) is 0 Å². The third-order valence-electron chi connectivity index (χ3n) is 1.90. The van der Waals surface area contributed by atoms with Gasteiger partial charge in [0.2, 0.25) is 0 Å². The Labute approximate surface area is 95.5 Å². The van der Waals surface area contributed by atoms with E-state index in [1.807, 2.05) is 47.5 Å². The maximum Gasteiger partial charge on any atom is 0.123 e. The molecule has 2 aromatic rings. The first-order chi connectivity index (χ1) is 6.83. The Kier molecular flexibility index (Phi) is 2.93. The van der Waals surface area contributed by atoms with Crippen LogP contribution in [0, 0.1) is 0 Å². The lowest BCUT2D eigenvalue weighted by Gasteiger charge is -2.02. The molecule has 0 spiro atoms. The van der Waals surface area contributed by atoms with E-state index in [9.17, 15) is 0 Å². The number of thioether (sulfide) groups is 1. The summed E-state index contributed by atoms with van der Waals surface area (Å²) in [4.78, 5) is 1.15. The highest BCUT2D eigenvalue weighted by Gasteiger charge is 2.07. The summed E-state index contributed by atoms with van der Waals surface area (Å²) in [6, 6.07) is 10.1. The van der Waals surface area contributed by atoms with Crippen LogP contribution in [0.25, 0.3) is 5.69 Å². The summed E-state index contributed by atoms with van der Waals surface area (Å²) < 4.78 is 2.89. The second-order valence-corrected chi connectivity index (χ2v) is 4.35. The predicted octanol–water partition coefficient (Wildman–Crippen LogP) is 3.36. The van der Waals surface area contributed by atoms with Gasteiger partial charge >= 0.3 is 0 Å². The first-order valence-corrected chi connectivity index (χ1v) is 6.17. The molecule has 72 valence electrons. The fraction of sp³-hybridized carbons (Fsp3) is 0.100. The van der Waals surface area contributed by atoms with Gasteiger partial charge in [0.05, 0.1) is 16.8 Å². The third-order valence-corrected chi connectivity index (χ3v) is 3.66. The van der Waals surface area contributed by atoms with E-state index in [4.69, 9.17) is 0 Å². The average molecular weight is 269 g/mol. The molecular weight excluding hydrogens is 260 g/mol. The molecule has 1 aromatic carbocycles. The molecule has 14 heavy (non-hydrogen) atoms. The van der Waals surface area contributed by atoms with Gasteiger partial charge in [-0.1, -0.05) is 18.2 Å².